The van der Waals surface area contributed by atoms with E-state index in [1.54, 1.807) is 24.2 Å². The number of methoxy groups -OCH3 is 1. The fourth-order valence-electron chi connectivity index (χ4n) is 0.542. The zero-order valence-electron chi connectivity index (χ0n) is 4.96. The molecule has 44 valence electrons. The van der Waals surface area contributed by atoms with E-state index in [4.69, 9.17) is 4.74 Å². The number of hydrogen-bond donors (Lipinski definition) is 0. The summed E-state index contributed by atoms with van der Waals surface area (Å²) >= 11 is 0. The molecule has 0 fully saturated rings. The van der Waals surface area contributed by atoms with Crippen molar-refractivity contribution in [3.05, 3.63) is 12.5 Å². The van der Waals surface area contributed by atoms with Crippen LogP contribution < -0.4 is 4.74 Å². The van der Waals surface area contributed by atoms with Crippen molar-refractivity contribution in [3.63, 3.8) is 0 Å². The molecule has 0 aromatic carbocycles. The molecule has 0 aliphatic carbocycles. The topological polar surface area (TPSA) is 27.1 Å². The highest BCUT2D eigenvalue weighted by atomic mass is 16.5. The van der Waals surface area contributed by atoms with Crippen LogP contribution in [0.5, 0.6) is 5.88 Å². The fourth-order valence-corrected chi connectivity index (χ4v) is 0.542. The summed E-state index contributed by atoms with van der Waals surface area (Å²) in [5.74, 6) is 0.782. The average Bonchev–Trinajstić information content (AvgIpc) is 2.14. The maximum absolute atomic E-state index is 4.89. The van der Waals surface area contributed by atoms with Gasteiger partial charge in [0.25, 0.3) is 0 Å². The van der Waals surface area contributed by atoms with E-state index in [-0.39, 0.29) is 0 Å². The van der Waals surface area contributed by atoms with Gasteiger partial charge in [0.2, 0.25) is 5.88 Å². The summed E-state index contributed by atoms with van der Waals surface area (Å²) in [6.45, 7) is 0. The van der Waals surface area contributed by atoms with Crippen molar-refractivity contribution in [2.45, 2.75) is 0 Å². The van der Waals surface area contributed by atoms with Crippen LogP contribution in [0.3, 0.4) is 0 Å². The van der Waals surface area contributed by atoms with E-state index < -0.39 is 0 Å². The Morgan fingerprint density at radius 1 is 1.75 bits per heavy atom. The normalized spacial score (nSPS) is 9.25. The molecule has 0 bridgehead atoms. The molecular weight excluding hydrogens is 104 g/mol. The van der Waals surface area contributed by atoms with Crippen LogP contribution in [0.4, 0.5) is 0 Å². The lowest BCUT2D eigenvalue weighted by atomic mass is 10.8. The van der Waals surface area contributed by atoms with Gasteiger partial charge < -0.3 is 9.30 Å². The van der Waals surface area contributed by atoms with Crippen LogP contribution in [0, 0.1) is 0 Å². The van der Waals surface area contributed by atoms with E-state index in [1.165, 1.54) is 0 Å². The van der Waals surface area contributed by atoms with Gasteiger partial charge in [-0.1, -0.05) is 0 Å². The lowest BCUT2D eigenvalue weighted by Gasteiger charge is -1.95. The molecule has 0 aliphatic rings. The number of aromatic nitrogens is 2. The summed E-state index contributed by atoms with van der Waals surface area (Å²) in [4.78, 5) is 3.83. The molecule has 0 unspecified atom stereocenters. The van der Waals surface area contributed by atoms with Crippen LogP contribution in [-0.2, 0) is 7.05 Å². The monoisotopic (exact) mass is 112 g/mol. The van der Waals surface area contributed by atoms with Gasteiger partial charge in [0.15, 0.2) is 0 Å². The van der Waals surface area contributed by atoms with Gasteiger partial charge in [0.05, 0.1) is 19.6 Å². The highest BCUT2D eigenvalue weighted by Crippen LogP contribution is 2.03. The van der Waals surface area contributed by atoms with Crippen molar-refractivity contribution in [1.29, 1.82) is 0 Å². The summed E-state index contributed by atoms with van der Waals surface area (Å²) in [6, 6.07) is 0. The predicted octanol–water partition coefficient (Wildman–Crippen LogP) is 0.429. The number of aryl methyl sites for hydroxylation is 1. The Hall–Kier alpha value is -0.990. The molecule has 0 spiro atoms. The molecule has 0 N–H and O–H groups in total. The standard InChI is InChI=1S/C5H8N2O/c1-7-4-6-3-5(7)8-2/h3-4H,1-2H3. The Kier molecular flexibility index (Phi) is 1.20. The van der Waals surface area contributed by atoms with Crippen molar-refractivity contribution < 1.29 is 4.74 Å². The van der Waals surface area contributed by atoms with Gasteiger partial charge in [-0.15, -0.1) is 0 Å². The van der Waals surface area contributed by atoms with Crippen LogP contribution in [0.2, 0.25) is 0 Å². The van der Waals surface area contributed by atoms with Crippen molar-refractivity contribution in [2.24, 2.45) is 7.05 Å². The maximum atomic E-state index is 4.89. The molecule has 0 radical (unpaired) electrons. The second kappa shape index (κ2) is 1.86. The minimum Gasteiger partial charge on any atom is -0.481 e. The van der Waals surface area contributed by atoms with E-state index in [1.807, 2.05) is 7.05 Å². The van der Waals surface area contributed by atoms with Crippen LogP contribution in [0.15, 0.2) is 12.5 Å². The Morgan fingerprint density at radius 2 is 2.50 bits per heavy atom. The van der Waals surface area contributed by atoms with Crippen molar-refractivity contribution >= 4 is 0 Å². The molecule has 1 heterocycles. The number of ether oxygens (including phenoxy) is 1. The van der Waals surface area contributed by atoms with E-state index in [9.17, 15) is 0 Å². The number of imidazole rings is 1. The van der Waals surface area contributed by atoms with Gasteiger partial charge in [-0.2, -0.15) is 0 Å². The molecule has 1 rings (SSSR count). The molecular formula is C5H8N2O. The lowest BCUT2D eigenvalue weighted by molar-refractivity contribution is 0.382. The highest BCUT2D eigenvalue weighted by molar-refractivity contribution is 5.03. The Labute approximate surface area is 47.9 Å². The lowest BCUT2D eigenvalue weighted by Crippen LogP contribution is -1.90. The van der Waals surface area contributed by atoms with E-state index in [0.717, 1.165) is 5.88 Å². The molecule has 3 heteroatoms. The SMILES string of the molecule is COc1cncn1C. The minimum absolute atomic E-state index is 0.782. The molecule has 8 heavy (non-hydrogen) atoms. The van der Waals surface area contributed by atoms with E-state index in [0.29, 0.717) is 0 Å². The Morgan fingerprint density at radius 3 is 2.75 bits per heavy atom. The van der Waals surface area contributed by atoms with Crippen LogP contribution in [0.25, 0.3) is 0 Å². The molecule has 0 atom stereocenters. The summed E-state index contributed by atoms with van der Waals surface area (Å²) < 4.78 is 6.69. The Balaban J connectivity index is 2.92. The average molecular weight is 112 g/mol. The molecule has 0 saturated heterocycles. The number of rotatable bonds is 1. The van der Waals surface area contributed by atoms with Crippen LogP contribution in [0.1, 0.15) is 0 Å². The van der Waals surface area contributed by atoms with Gasteiger partial charge in [-0.25, -0.2) is 4.98 Å². The molecule has 1 aromatic heterocycles. The first-order chi connectivity index (χ1) is 3.84. The number of nitrogens with zero attached hydrogens (tertiary/aromatic N) is 2. The third-order valence-corrected chi connectivity index (χ3v) is 0.982. The zero-order chi connectivity index (χ0) is 5.98. The third kappa shape index (κ3) is 0.665. The highest BCUT2D eigenvalue weighted by Gasteiger charge is 1.91. The summed E-state index contributed by atoms with van der Waals surface area (Å²) in [6.07, 6.45) is 3.36. The second-order valence-corrected chi connectivity index (χ2v) is 1.55. The quantitative estimate of drug-likeness (QED) is 0.526. The van der Waals surface area contributed by atoms with Gasteiger partial charge in [0, 0.05) is 7.05 Å². The van der Waals surface area contributed by atoms with Gasteiger partial charge >= 0.3 is 0 Å². The third-order valence-electron chi connectivity index (χ3n) is 0.982. The molecule has 1 aromatic rings. The number of hydrogen-bond acceptors (Lipinski definition) is 2. The van der Waals surface area contributed by atoms with Crippen molar-refractivity contribution in [1.82, 2.24) is 9.55 Å². The van der Waals surface area contributed by atoms with Gasteiger partial charge in [0.1, 0.15) is 0 Å². The summed E-state index contributed by atoms with van der Waals surface area (Å²) in [5, 5.41) is 0. The van der Waals surface area contributed by atoms with Crippen LogP contribution >= 0.6 is 0 Å². The van der Waals surface area contributed by atoms with Crippen molar-refractivity contribution in [2.75, 3.05) is 7.11 Å². The van der Waals surface area contributed by atoms with E-state index in [2.05, 4.69) is 4.98 Å². The largest absolute Gasteiger partial charge is 0.481 e. The maximum Gasteiger partial charge on any atom is 0.213 e. The second-order valence-electron chi connectivity index (χ2n) is 1.55. The fraction of sp³-hybridized carbons (Fsp3) is 0.400. The summed E-state index contributed by atoms with van der Waals surface area (Å²) in [7, 11) is 3.50. The molecule has 3 nitrogen and oxygen atoms in total. The molecule has 0 amide bonds. The minimum atomic E-state index is 0.782. The first-order valence-corrected chi connectivity index (χ1v) is 2.35. The van der Waals surface area contributed by atoms with Gasteiger partial charge in [-0.05, 0) is 0 Å². The van der Waals surface area contributed by atoms with Crippen molar-refractivity contribution in [3.8, 4) is 5.88 Å². The smallest absolute Gasteiger partial charge is 0.213 e. The molecule has 0 saturated carbocycles. The van der Waals surface area contributed by atoms with Crippen LogP contribution in [-0.4, -0.2) is 16.7 Å². The zero-order valence-corrected chi connectivity index (χ0v) is 4.96. The van der Waals surface area contributed by atoms with Gasteiger partial charge in [-0.3, -0.25) is 0 Å². The first kappa shape index (κ1) is 5.15. The first-order valence-electron chi connectivity index (χ1n) is 2.35. The predicted molar refractivity (Wildman–Crippen MR) is 29.8 cm³/mol. The summed E-state index contributed by atoms with van der Waals surface area (Å²) in [5.41, 5.74) is 0. The molecule has 0 aliphatic heterocycles. The van der Waals surface area contributed by atoms with E-state index >= 15 is 0 Å². The Bertz CT molecular complexity index is 171.